The van der Waals surface area contributed by atoms with Crippen LogP contribution in [-0.2, 0) is 32.5 Å². The van der Waals surface area contributed by atoms with Crippen molar-refractivity contribution in [2.45, 2.75) is 57.9 Å². The molecule has 2 heterocycles. The number of aliphatic carboxylic acids is 1. The highest BCUT2D eigenvalue weighted by atomic mass is 32.2. The Bertz CT molecular complexity index is 851. The van der Waals surface area contributed by atoms with Gasteiger partial charge in [-0.05, 0) is 44.2 Å². The molecule has 9 nitrogen and oxygen atoms in total. The van der Waals surface area contributed by atoms with Crippen LogP contribution >= 0.6 is 11.3 Å². The van der Waals surface area contributed by atoms with Crippen molar-refractivity contribution in [3.63, 3.8) is 0 Å². The Kier molecular flexibility index (Phi) is 9.73. The average molecular weight is 459 g/mol. The lowest BCUT2D eigenvalue weighted by atomic mass is 10.1. The summed E-state index contributed by atoms with van der Waals surface area (Å²) in [5, 5.41) is 15.2. The number of aliphatic imine (C=N–C) groups is 1. The van der Waals surface area contributed by atoms with E-state index < -0.39 is 22.0 Å². The molecule has 0 radical (unpaired) electrons. The van der Waals surface area contributed by atoms with Gasteiger partial charge in [-0.15, -0.1) is 11.3 Å². The van der Waals surface area contributed by atoms with Gasteiger partial charge >= 0.3 is 5.97 Å². The predicted molar refractivity (Wildman–Crippen MR) is 117 cm³/mol. The van der Waals surface area contributed by atoms with E-state index in [0.29, 0.717) is 18.8 Å². The first-order chi connectivity index (χ1) is 14.3. The summed E-state index contributed by atoms with van der Waals surface area (Å²) in [5.41, 5.74) is 0. The maximum Gasteiger partial charge on any atom is 0.322 e. The molecule has 0 spiro atoms. The van der Waals surface area contributed by atoms with Crippen molar-refractivity contribution in [3.05, 3.63) is 21.9 Å². The highest BCUT2D eigenvalue weighted by Gasteiger charge is 2.24. The van der Waals surface area contributed by atoms with Crippen molar-refractivity contribution in [3.8, 4) is 0 Å². The van der Waals surface area contributed by atoms with Crippen LogP contribution in [0.5, 0.6) is 0 Å². The maximum atomic E-state index is 11.9. The summed E-state index contributed by atoms with van der Waals surface area (Å²) < 4.78 is 26.0. The van der Waals surface area contributed by atoms with Gasteiger partial charge in [-0.2, -0.15) is 0 Å². The third-order valence-corrected chi connectivity index (χ3v) is 7.20. The van der Waals surface area contributed by atoms with E-state index in [0.717, 1.165) is 48.5 Å². The third-order valence-electron chi connectivity index (χ3n) is 4.45. The topological polar surface area (TPSA) is 137 Å². The van der Waals surface area contributed by atoms with Gasteiger partial charge in [0.2, 0.25) is 15.9 Å². The van der Waals surface area contributed by atoms with Crippen LogP contribution in [0.25, 0.3) is 0 Å². The van der Waals surface area contributed by atoms with Gasteiger partial charge in [0, 0.05) is 35.7 Å². The Balaban J connectivity index is 1.75. The SMILES string of the molecule is CCCS(=O)(=O)N[C@@H](Cc1ccc(CCCCC(=O)NC2=NCCCN2)s1)C(=O)O. The second-order valence-electron chi connectivity index (χ2n) is 7.17. The number of aryl methyl sites for hydroxylation is 1. The van der Waals surface area contributed by atoms with E-state index in [1.54, 1.807) is 6.92 Å². The molecule has 0 aliphatic carbocycles. The Morgan fingerprint density at radius 2 is 2.07 bits per heavy atom. The van der Waals surface area contributed by atoms with Crippen molar-refractivity contribution in [1.29, 1.82) is 0 Å². The first-order valence-corrected chi connectivity index (χ1v) is 12.6. The lowest BCUT2D eigenvalue weighted by molar-refractivity contribution is -0.138. The van der Waals surface area contributed by atoms with E-state index in [1.165, 1.54) is 11.3 Å². The molecule has 0 saturated carbocycles. The van der Waals surface area contributed by atoms with Crippen LogP contribution in [-0.4, -0.2) is 56.2 Å². The molecule has 0 unspecified atom stereocenters. The molecule has 168 valence electrons. The lowest BCUT2D eigenvalue weighted by Crippen LogP contribution is -2.43. The van der Waals surface area contributed by atoms with Crippen molar-refractivity contribution >= 4 is 39.2 Å². The normalized spacial score (nSPS) is 15.2. The largest absolute Gasteiger partial charge is 0.480 e. The van der Waals surface area contributed by atoms with Crippen LogP contribution in [0.1, 0.15) is 48.8 Å². The molecular formula is C19H30N4O5S2. The number of hydrogen-bond donors (Lipinski definition) is 4. The number of guanidine groups is 1. The van der Waals surface area contributed by atoms with Crippen LogP contribution < -0.4 is 15.4 Å². The van der Waals surface area contributed by atoms with Crippen LogP contribution in [0, 0.1) is 0 Å². The Morgan fingerprint density at radius 3 is 2.73 bits per heavy atom. The smallest absolute Gasteiger partial charge is 0.322 e. The van der Waals surface area contributed by atoms with Crippen molar-refractivity contribution in [2.24, 2.45) is 4.99 Å². The quantitative estimate of drug-likeness (QED) is 0.348. The van der Waals surface area contributed by atoms with Gasteiger partial charge in [0.15, 0.2) is 5.96 Å². The zero-order chi connectivity index (χ0) is 22.0. The van der Waals surface area contributed by atoms with Crippen LogP contribution in [0.3, 0.4) is 0 Å². The van der Waals surface area contributed by atoms with Crippen molar-refractivity contribution < 1.29 is 23.1 Å². The molecule has 0 aromatic carbocycles. The lowest BCUT2D eigenvalue weighted by Gasteiger charge is -2.14. The fourth-order valence-corrected chi connectivity index (χ4v) is 5.37. The Hall–Kier alpha value is -1.98. The Morgan fingerprint density at radius 1 is 1.30 bits per heavy atom. The highest BCUT2D eigenvalue weighted by molar-refractivity contribution is 7.89. The van der Waals surface area contributed by atoms with Gasteiger partial charge in [-0.3, -0.25) is 19.9 Å². The second kappa shape index (κ2) is 12.0. The Labute approximate surface area is 181 Å². The van der Waals surface area contributed by atoms with Gasteiger partial charge in [0.05, 0.1) is 5.75 Å². The number of unbranched alkanes of at least 4 members (excludes halogenated alkanes) is 1. The molecule has 4 N–H and O–H groups in total. The van der Waals surface area contributed by atoms with E-state index in [1.807, 2.05) is 12.1 Å². The van der Waals surface area contributed by atoms with Crippen molar-refractivity contribution in [1.82, 2.24) is 15.4 Å². The molecule has 0 bridgehead atoms. The van der Waals surface area contributed by atoms with Gasteiger partial charge in [-0.1, -0.05) is 6.92 Å². The number of carboxylic acids is 1. The maximum absolute atomic E-state index is 11.9. The number of rotatable bonds is 12. The molecule has 1 atom stereocenters. The zero-order valence-electron chi connectivity index (χ0n) is 17.1. The number of hydrogen-bond acceptors (Lipinski definition) is 7. The minimum absolute atomic E-state index is 0.0568. The summed E-state index contributed by atoms with van der Waals surface area (Å²) in [6.07, 6.45) is 4.28. The summed E-state index contributed by atoms with van der Waals surface area (Å²) in [6.45, 7) is 3.28. The number of thiophene rings is 1. The summed E-state index contributed by atoms with van der Waals surface area (Å²) in [5.74, 6) is -0.785. The number of carbonyl (C=O) groups excluding carboxylic acids is 1. The summed E-state index contributed by atoms with van der Waals surface area (Å²) in [4.78, 5) is 29.5. The fraction of sp³-hybridized carbons (Fsp3) is 0.632. The van der Waals surface area contributed by atoms with Gasteiger partial charge in [0.1, 0.15) is 6.04 Å². The molecule has 1 aliphatic heterocycles. The summed E-state index contributed by atoms with van der Waals surface area (Å²) in [6, 6.07) is 2.59. The van der Waals surface area contributed by atoms with E-state index in [-0.39, 0.29) is 18.1 Å². The first-order valence-electron chi connectivity index (χ1n) is 10.2. The standard InChI is InChI=1S/C19H30N4O5S2/c1-2-12-30(27,28)23-16(18(25)26)13-15-9-8-14(29-15)6-3-4-7-17(24)22-19-20-10-5-11-21-19/h8-9,16,23H,2-7,10-13H2,1H3,(H,25,26)(H2,20,21,22,24)/t16-/m0/s1. The van der Waals surface area contributed by atoms with E-state index in [4.69, 9.17) is 0 Å². The molecule has 0 saturated heterocycles. The van der Waals surface area contributed by atoms with Gasteiger partial charge in [0.25, 0.3) is 0 Å². The predicted octanol–water partition coefficient (Wildman–Crippen LogP) is 1.25. The molecule has 1 aromatic rings. The van der Waals surface area contributed by atoms with E-state index in [2.05, 4.69) is 20.3 Å². The minimum atomic E-state index is -3.60. The molecule has 1 amide bonds. The number of amides is 1. The van der Waals surface area contributed by atoms with E-state index >= 15 is 0 Å². The monoisotopic (exact) mass is 458 g/mol. The number of carbonyl (C=O) groups is 2. The fourth-order valence-electron chi connectivity index (χ4n) is 2.99. The molecule has 2 rings (SSSR count). The first kappa shape index (κ1) is 24.3. The molecule has 11 heteroatoms. The molecule has 1 aliphatic rings. The molecule has 30 heavy (non-hydrogen) atoms. The average Bonchev–Trinajstić information content (AvgIpc) is 3.12. The number of carboxylic acid groups (broad SMARTS) is 1. The second-order valence-corrected chi connectivity index (χ2v) is 10.3. The summed E-state index contributed by atoms with van der Waals surface area (Å²) >= 11 is 1.48. The van der Waals surface area contributed by atoms with Crippen LogP contribution in [0.2, 0.25) is 0 Å². The van der Waals surface area contributed by atoms with Gasteiger partial charge in [-0.25, -0.2) is 13.1 Å². The zero-order valence-corrected chi connectivity index (χ0v) is 18.8. The summed E-state index contributed by atoms with van der Waals surface area (Å²) in [7, 11) is -3.60. The van der Waals surface area contributed by atoms with Crippen LogP contribution in [0.15, 0.2) is 17.1 Å². The highest BCUT2D eigenvalue weighted by Crippen LogP contribution is 2.21. The number of nitrogens with one attached hydrogen (secondary N) is 3. The van der Waals surface area contributed by atoms with E-state index in [9.17, 15) is 23.1 Å². The number of sulfonamides is 1. The molecular weight excluding hydrogens is 428 g/mol. The molecule has 0 fully saturated rings. The molecule has 1 aromatic heterocycles. The minimum Gasteiger partial charge on any atom is -0.480 e. The van der Waals surface area contributed by atoms with Crippen molar-refractivity contribution in [2.75, 3.05) is 18.8 Å². The number of nitrogens with zero attached hydrogens (tertiary/aromatic N) is 1. The third kappa shape index (κ3) is 8.80. The van der Waals surface area contributed by atoms with Gasteiger partial charge < -0.3 is 10.4 Å². The van der Waals surface area contributed by atoms with Crippen LogP contribution in [0.4, 0.5) is 0 Å².